The molecule has 2 heterocycles. The molecular weight excluding hydrogens is 536 g/mol. The SMILES string of the molecule is CCNC[C@H]1O[C@H](OC2[C@@H](N)C[C@@H](NC(=O)[C@@H](O)CN)[C@H](O[C@H]3O[C@H](CO)[C@@H](O)[C@H](N)[C@H]3O)[C@H]2O)[C@H](N)C[C@@H]1O. The summed E-state index contributed by atoms with van der Waals surface area (Å²) in [5.41, 5.74) is 23.8. The molecule has 40 heavy (non-hydrogen) atoms. The molecule has 1 unspecified atom stereocenters. The standard InChI is InChI=1S/C23H46N6O11/c1-2-28-6-13-11(31)4-9(26)22(37-13)39-19-8(25)3-10(29-21(36)12(32)5-24)20(18(19)35)40-23-17(34)15(27)16(33)14(7-30)38-23/h8-20,22-23,28,30-35H,2-7,24-27H2,1H3,(H,29,36)/t8-,9+,10+,11-,12-,13+,14+,15-,16+,17+,18-,19?,20-,22+,23+/m0/s1. The molecule has 0 aromatic rings. The van der Waals surface area contributed by atoms with Crippen molar-refractivity contribution in [1.82, 2.24) is 10.6 Å². The number of amides is 1. The lowest BCUT2D eigenvalue weighted by molar-refractivity contribution is -0.316. The lowest BCUT2D eigenvalue weighted by atomic mass is 9.83. The first-order valence-electron chi connectivity index (χ1n) is 13.5. The van der Waals surface area contributed by atoms with Crippen LogP contribution in [-0.2, 0) is 23.7 Å². The minimum Gasteiger partial charge on any atom is -0.394 e. The third-order valence-electron chi connectivity index (χ3n) is 7.59. The number of ether oxygens (including phenoxy) is 4. The van der Waals surface area contributed by atoms with E-state index >= 15 is 0 Å². The van der Waals surface area contributed by atoms with Gasteiger partial charge in [-0.3, -0.25) is 4.79 Å². The maximum Gasteiger partial charge on any atom is 0.250 e. The van der Waals surface area contributed by atoms with Gasteiger partial charge < -0.3 is 83.2 Å². The first-order valence-corrected chi connectivity index (χ1v) is 13.5. The summed E-state index contributed by atoms with van der Waals surface area (Å²) in [5, 5.41) is 67.6. The molecule has 0 bridgehead atoms. The van der Waals surface area contributed by atoms with Crippen molar-refractivity contribution in [3.05, 3.63) is 0 Å². The van der Waals surface area contributed by atoms with E-state index < -0.39 is 104 Å². The zero-order valence-corrected chi connectivity index (χ0v) is 22.4. The third kappa shape index (κ3) is 7.63. The summed E-state index contributed by atoms with van der Waals surface area (Å²) in [7, 11) is 0. The average molecular weight is 583 g/mol. The van der Waals surface area contributed by atoms with Crippen molar-refractivity contribution in [2.45, 2.75) is 111 Å². The van der Waals surface area contributed by atoms with Gasteiger partial charge in [0.25, 0.3) is 0 Å². The Morgan fingerprint density at radius 3 is 2.23 bits per heavy atom. The van der Waals surface area contributed by atoms with Crippen LogP contribution in [0.5, 0.6) is 0 Å². The number of nitrogens with one attached hydrogen (secondary N) is 2. The Kier molecular flexibility index (Phi) is 12.4. The summed E-state index contributed by atoms with van der Waals surface area (Å²) in [4.78, 5) is 12.5. The van der Waals surface area contributed by atoms with Crippen molar-refractivity contribution < 1.29 is 54.4 Å². The van der Waals surface area contributed by atoms with Crippen molar-refractivity contribution >= 4 is 5.91 Å². The summed E-state index contributed by atoms with van der Waals surface area (Å²) in [6, 6.07) is -3.92. The van der Waals surface area contributed by atoms with Crippen molar-refractivity contribution in [2.75, 3.05) is 26.2 Å². The van der Waals surface area contributed by atoms with E-state index in [4.69, 9.17) is 41.9 Å². The monoisotopic (exact) mass is 582 g/mol. The number of hydrogen-bond acceptors (Lipinski definition) is 16. The van der Waals surface area contributed by atoms with Crippen LogP contribution in [0, 0.1) is 0 Å². The lowest BCUT2D eigenvalue weighted by Gasteiger charge is -2.48. The van der Waals surface area contributed by atoms with Crippen LogP contribution in [0.4, 0.5) is 0 Å². The van der Waals surface area contributed by atoms with Crippen LogP contribution in [0.25, 0.3) is 0 Å². The average Bonchev–Trinajstić information content (AvgIpc) is 2.92. The predicted molar refractivity (Wildman–Crippen MR) is 137 cm³/mol. The van der Waals surface area contributed by atoms with Gasteiger partial charge in [0.2, 0.25) is 5.91 Å². The quantitative estimate of drug-likeness (QED) is 0.108. The van der Waals surface area contributed by atoms with Crippen LogP contribution >= 0.6 is 0 Å². The number of carbonyl (C=O) groups excluding carboxylic acids is 1. The Bertz CT molecular complexity index is 802. The topological polar surface area (TPSA) is 304 Å². The Hall–Kier alpha value is -1.13. The number of aliphatic hydroxyl groups is 6. The van der Waals surface area contributed by atoms with E-state index in [1.807, 2.05) is 6.92 Å². The molecule has 2 saturated heterocycles. The zero-order valence-electron chi connectivity index (χ0n) is 22.4. The zero-order chi connectivity index (χ0) is 29.7. The Morgan fingerprint density at radius 2 is 1.60 bits per heavy atom. The highest BCUT2D eigenvalue weighted by molar-refractivity contribution is 5.81. The Labute approximate surface area is 232 Å². The molecule has 0 aromatic heterocycles. The second-order valence-corrected chi connectivity index (χ2v) is 10.6. The van der Waals surface area contributed by atoms with Gasteiger partial charge in [0.05, 0.1) is 36.9 Å². The molecule has 15 atom stereocenters. The molecule has 2 aliphatic heterocycles. The molecule has 17 nitrogen and oxygen atoms in total. The second kappa shape index (κ2) is 14.9. The van der Waals surface area contributed by atoms with Gasteiger partial charge in [0.1, 0.15) is 42.7 Å². The molecule has 16 N–H and O–H groups in total. The highest BCUT2D eigenvalue weighted by atomic mass is 16.7. The fraction of sp³-hybridized carbons (Fsp3) is 0.957. The van der Waals surface area contributed by atoms with Crippen LogP contribution in [0.1, 0.15) is 19.8 Å². The summed E-state index contributed by atoms with van der Waals surface area (Å²) in [5.74, 6) is -0.844. The van der Waals surface area contributed by atoms with E-state index in [-0.39, 0.29) is 19.4 Å². The van der Waals surface area contributed by atoms with E-state index in [1.165, 1.54) is 0 Å². The van der Waals surface area contributed by atoms with Gasteiger partial charge in [-0.25, -0.2) is 0 Å². The van der Waals surface area contributed by atoms with Gasteiger partial charge in [-0.05, 0) is 19.4 Å². The molecular formula is C23H46N6O11. The molecule has 3 aliphatic rings. The van der Waals surface area contributed by atoms with Gasteiger partial charge in [-0.1, -0.05) is 6.92 Å². The number of hydrogen-bond donors (Lipinski definition) is 12. The van der Waals surface area contributed by atoms with E-state index in [2.05, 4.69) is 10.6 Å². The van der Waals surface area contributed by atoms with Crippen LogP contribution in [0.3, 0.4) is 0 Å². The fourth-order valence-electron chi connectivity index (χ4n) is 5.17. The Balaban J connectivity index is 1.82. The van der Waals surface area contributed by atoms with Crippen molar-refractivity contribution in [3.63, 3.8) is 0 Å². The maximum absolute atomic E-state index is 12.5. The van der Waals surface area contributed by atoms with Crippen molar-refractivity contribution in [1.29, 1.82) is 0 Å². The van der Waals surface area contributed by atoms with E-state index in [1.54, 1.807) is 0 Å². The third-order valence-corrected chi connectivity index (χ3v) is 7.59. The summed E-state index contributed by atoms with van der Waals surface area (Å²) in [6.07, 6.45) is -13.7. The molecule has 0 spiro atoms. The second-order valence-electron chi connectivity index (χ2n) is 10.6. The van der Waals surface area contributed by atoms with Gasteiger partial charge in [0.15, 0.2) is 12.6 Å². The van der Waals surface area contributed by atoms with Gasteiger partial charge in [0, 0.05) is 19.1 Å². The first kappa shape index (κ1) is 33.4. The first-order chi connectivity index (χ1) is 18.9. The minimum atomic E-state index is -1.57. The summed E-state index contributed by atoms with van der Waals surface area (Å²) >= 11 is 0. The van der Waals surface area contributed by atoms with Crippen LogP contribution in [0.15, 0.2) is 0 Å². The van der Waals surface area contributed by atoms with Gasteiger partial charge in [-0.2, -0.15) is 0 Å². The van der Waals surface area contributed by atoms with Crippen molar-refractivity contribution in [3.8, 4) is 0 Å². The number of nitrogens with two attached hydrogens (primary N) is 4. The number of aliphatic hydroxyl groups excluding tert-OH is 6. The normalized spacial score (nSPS) is 45.2. The molecule has 0 radical (unpaired) electrons. The van der Waals surface area contributed by atoms with E-state index in [0.717, 1.165) is 0 Å². The molecule has 3 rings (SSSR count). The predicted octanol–water partition coefficient (Wildman–Crippen LogP) is -7.17. The number of likely N-dealkylation sites (N-methyl/N-ethyl adjacent to an activating group) is 1. The molecule has 17 heteroatoms. The van der Waals surface area contributed by atoms with E-state index in [0.29, 0.717) is 13.1 Å². The highest BCUT2D eigenvalue weighted by Crippen LogP contribution is 2.31. The maximum atomic E-state index is 12.5. The van der Waals surface area contributed by atoms with Crippen LogP contribution in [0.2, 0.25) is 0 Å². The van der Waals surface area contributed by atoms with Crippen LogP contribution < -0.4 is 33.6 Å². The molecule has 1 saturated carbocycles. The molecule has 3 fully saturated rings. The van der Waals surface area contributed by atoms with Crippen molar-refractivity contribution in [2.24, 2.45) is 22.9 Å². The van der Waals surface area contributed by atoms with Gasteiger partial charge >= 0.3 is 0 Å². The fourth-order valence-corrected chi connectivity index (χ4v) is 5.17. The van der Waals surface area contributed by atoms with E-state index in [9.17, 15) is 35.4 Å². The largest absolute Gasteiger partial charge is 0.394 e. The minimum absolute atomic E-state index is 0.0260. The lowest BCUT2D eigenvalue weighted by Crippen LogP contribution is -2.69. The molecule has 1 amide bonds. The number of rotatable bonds is 11. The summed E-state index contributed by atoms with van der Waals surface area (Å²) < 4.78 is 23.3. The molecule has 234 valence electrons. The summed E-state index contributed by atoms with van der Waals surface area (Å²) in [6.45, 7) is 1.88. The number of carbonyl (C=O) groups is 1. The van der Waals surface area contributed by atoms with Crippen LogP contribution in [-0.4, -0.2) is 154 Å². The highest BCUT2D eigenvalue weighted by Gasteiger charge is 2.51. The van der Waals surface area contributed by atoms with Gasteiger partial charge in [-0.15, -0.1) is 0 Å². The molecule has 1 aliphatic carbocycles. The molecule has 0 aromatic carbocycles. The smallest absolute Gasteiger partial charge is 0.250 e. The Morgan fingerprint density at radius 1 is 0.950 bits per heavy atom.